The third-order valence-corrected chi connectivity index (χ3v) is 2.59. The zero-order valence-electron chi connectivity index (χ0n) is 9.49. The highest BCUT2D eigenvalue weighted by Gasteiger charge is 2.08. The van der Waals surface area contributed by atoms with Gasteiger partial charge < -0.3 is 5.73 Å². The molecule has 1 rings (SSSR count). The van der Waals surface area contributed by atoms with Gasteiger partial charge in [0, 0.05) is 6.42 Å². The van der Waals surface area contributed by atoms with Gasteiger partial charge >= 0.3 is 0 Å². The third kappa shape index (κ3) is 3.74. The first-order valence-electron chi connectivity index (χ1n) is 5.50. The molecule has 0 spiro atoms. The first-order valence-corrected chi connectivity index (χ1v) is 5.50. The molecule has 0 aliphatic heterocycles. The Morgan fingerprint density at radius 3 is 2.40 bits per heavy atom. The molecule has 1 aromatic rings. The smallest absolute Gasteiger partial charge is 0.218 e. The molecule has 82 valence electrons. The molecule has 0 radical (unpaired) electrons. The van der Waals surface area contributed by atoms with Gasteiger partial charge in [0.15, 0.2) is 0 Å². The van der Waals surface area contributed by atoms with Crippen LogP contribution in [-0.2, 0) is 11.2 Å². The van der Waals surface area contributed by atoms with E-state index in [1.165, 1.54) is 11.1 Å². The van der Waals surface area contributed by atoms with Crippen LogP contribution >= 0.6 is 0 Å². The van der Waals surface area contributed by atoms with Gasteiger partial charge in [-0.1, -0.05) is 44.5 Å². The van der Waals surface area contributed by atoms with Crippen molar-refractivity contribution in [1.82, 2.24) is 0 Å². The summed E-state index contributed by atoms with van der Waals surface area (Å²) in [6.07, 6.45) is 2.70. The Kier molecular flexibility index (Phi) is 4.35. The number of rotatable bonds is 5. The highest BCUT2D eigenvalue weighted by molar-refractivity contribution is 5.74. The van der Waals surface area contributed by atoms with Crippen molar-refractivity contribution in [3.8, 4) is 0 Å². The fourth-order valence-electron chi connectivity index (χ4n) is 1.72. The van der Waals surface area contributed by atoms with Gasteiger partial charge in [0.25, 0.3) is 0 Å². The minimum absolute atomic E-state index is 0.221. The van der Waals surface area contributed by atoms with Gasteiger partial charge in [0.1, 0.15) is 0 Å². The predicted molar refractivity (Wildman–Crippen MR) is 62.7 cm³/mol. The number of carbonyl (C=O) groups is 1. The van der Waals surface area contributed by atoms with Crippen molar-refractivity contribution >= 4 is 5.91 Å². The molecule has 0 saturated carbocycles. The Morgan fingerprint density at radius 1 is 1.33 bits per heavy atom. The molecule has 0 aliphatic rings. The molecule has 0 heterocycles. The second-order valence-corrected chi connectivity index (χ2v) is 4.06. The predicted octanol–water partition coefficient (Wildman–Crippen LogP) is 2.62. The number of hydrogen-bond acceptors (Lipinski definition) is 1. The van der Waals surface area contributed by atoms with Crippen LogP contribution in [0.5, 0.6) is 0 Å². The molecule has 2 heteroatoms. The van der Waals surface area contributed by atoms with E-state index in [1.807, 2.05) is 6.92 Å². The van der Waals surface area contributed by atoms with E-state index in [-0.39, 0.29) is 11.8 Å². The molecule has 1 unspecified atom stereocenters. The van der Waals surface area contributed by atoms with Crippen molar-refractivity contribution in [3.05, 3.63) is 35.4 Å². The average Bonchev–Trinajstić information content (AvgIpc) is 2.18. The Balaban J connectivity index is 2.66. The van der Waals surface area contributed by atoms with Crippen molar-refractivity contribution in [1.29, 1.82) is 0 Å². The highest BCUT2D eigenvalue weighted by atomic mass is 16.1. The zero-order chi connectivity index (χ0) is 11.3. The number of hydrogen-bond donors (Lipinski definition) is 1. The van der Waals surface area contributed by atoms with E-state index >= 15 is 0 Å². The maximum atomic E-state index is 10.8. The van der Waals surface area contributed by atoms with Crippen molar-refractivity contribution < 1.29 is 4.79 Å². The lowest BCUT2D eigenvalue weighted by molar-refractivity contribution is -0.118. The quantitative estimate of drug-likeness (QED) is 0.789. The lowest BCUT2D eigenvalue weighted by Crippen LogP contribution is -2.13. The first kappa shape index (κ1) is 11.8. The van der Waals surface area contributed by atoms with Gasteiger partial charge in [-0.25, -0.2) is 0 Å². The van der Waals surface area contributed by atoms with Crippen molar-refractivity contribution in [2.75, 3.05) is 0 Å². The highest BCUT2D eigenvalue weighted by Crippen LogP contribution is 2.19. The summed E-state index contributed by atoms with van der Waals surface area (Å²) in [6.45, 7) is 4.20. The minimum Gasteiger partial charge on any atom is -0.370 e. The van der Waals surface area contributed by atoms with E-state index in [0.29, 0.717) is 6.42 Å². The molecule has 0 bridgehead atoms. The average molecular weight is 205 g/mol. The number of carbonyl (C=O) groups excluding carboxylic acids is 1. The molecule has 1 amide bonds. The molecular formula is C13H19NO. The van der Waals surface area contributed by atoms with Gasteiger partial charge in [0.2, 0.25) is 5.91 Å². The monoisotopic (exact) mass is 205 g/mol. The Morgan fingerprint density at radius 2 is 1.93 bits per heavy atom. The van der Waals surface area contributed by atoms with Crippen LogP contribution in [0.3, 0.4) is 0 Å². The summed E-state index contributed by atoms with van der Waals surface area (Å²) in [4.78, 5) is 10.8. The van der Waals surface area contributed by atoms with Gasteiger partial charge in [-0.3, -0.25) is 4.79 Å². The normalized spacial score (nSPS) is 12.4. The molecule has 2 nitrogen and oxygen atoms in total. The molecule has 1 atom stereocenters. The fraction of sp³-hybridized carbons (Fsp3) is 0.462. The molecule has 15 heavy (non-hydrogen) atoms. The summed E-state index contributed by atoms with van der Waals surface area (Å²) in [5, 5.41) is 0. The topological polar surface area (TPSA) is 43.1 Å². The lowest BCUT2D eigenvalue weighted by Gasteiger charge is -2.10. The van der Waals surface area contributed by atoms with Crippen LogP contribution in [0.1, 0.15) is 43.7 Å². The molecule has 1 aromatic carbocycles. The standard InChI is InChI=1S/C13H19NO/c1-3-4-11-5-7-12(8-6-11)10(2)9-13(14)15/h5-8,10H,3-4,9H2,1-2H3,(H2,14,15). The molecule has 0 saturated heterocycles. The summed E-state index contributed by atoms with van der Waals surface area (Å²) in [5.41, 5.74) is 7.71. The largest absolute Gasteiger partial charge is 0.370 e. The number of aryl methyl sites for hydroxylation is 1. The zero-order valence-corrected chi connectivity index (χ0v) is 9.49. The summed E-state index contributed by atoms with van der Waals surface area (Å²) >= 11 is 0. The van der Waals surface area contributed by atoms with E-state index in [2.05, 4.69) is 31.2 Å². The summed E-state index contributed by atoms with van der Waals surface area (Å²) in [7, 11) is 0. The molecule has 0 aromatic heterocycles. The number of benzene rings is 1. The van der Waals surface area contributed by atoms with Crippen LogP contribution < -0.4 is 5.73 Å². The van der Waals surface area contributed by atoms with Gasteiger partial charge in [0.05, 0.1) is 0 Å². The third-order valence-electron chi connectivity index (χ3n) is 2.59. The van der Waals surface area contributed by atoms with Crippen LogP contribution in [0.4, 0.5) is 0 Å². The van der Waals surface area contributed by atoms with E-state index < -0.39 is 0 Å². The second kappa shape index (κ2) is 5.54. The lowest BCUT2D eigenvalue weighted by atomic mass is 9.96. The molecular weight excluding hydrogens is 186 g/mol. The van der Waals surface area contributed by atoms with Crippen LogP contribution in [0, 0.1) is 0 Å². The summed E-state index contributed by atoms with van der Waals surface area (Å²) in [6, 6.07) is 8.46. The summed E-state index contributed by atoms with van der Waals surface area (Å²) < 4.78 is 0. The van der Waals surface area contributed by atoms with Gasteiger partial charge in [-0.2, -0.15) is 0 Å². The second-order valence-electron chi connectivity index (χ2n) is 4.06. The fourth-order valence-corrected chi connectivity index (χ4v) is 1.72. The molecule has 0 aliphatic carbocycles. The van der Waals surface area contributed by atoms with Gasteiger partial charge in [-0.15, -0.1) is 0 Å². The number of primary amides is 1. The SMILES string of the molecule is CCCc1ccc(C(C)CC(N)=O)cc1. The Bertz CT molecular complexity index is 316. The van der Waals surface area contributed by atoms with E-state index in [4.69, 9.17) is 5.73 Å². The van der Waals surface area contributed by atoms with E-state index in [0.717, 1.165) is 12.8 Å². The van der Waals surface area contributed by atoms with Gasteiger partial charge in [-0.05, 0) is 23.5 Å². The Hall–Kier alpha value is -1.31. The number of amides is 1. The molecule has 0 fully saturated rings. The van der Waals surface area contributed by atoms with Crippen LogP contribution in [0.25, 0.3) is 0 Å². The van der Waals surface area contributed by atoms with Crippen molar-refractivity contribution in [3.63, 3.8) is 0 Å². The molecule has 2 N–H and O–H groups in total. The van der Waals surface area contributed by atoms with Crippen LogP contribution in [0.15, 0.2) is 24.3 Å². The maximum absolute atomic E-state index is 10.8. The van der Waals surface area contributed by atoms with Crippen LogP contribution in [0.2, 0.25) is 0 Å². The van der Waals surface area contributed by atoms with Crippen molar-refractivity contribution in [2.45, 2.75) is 39.0 Å². The first-order chi connectivity index (χ1) is 7.13. The Labute approximate surface area is 91.5 Å². The van der Waals surface area contributed by atoms with Crippen molar-refractivity contribution in [2.24, 2.45) is 5.73 Å². The number of nitrogens with two attached hydrogens (primary N) is 1. The van der Waals surface area contributed by atoms with E-state index in [1.54, 1.807) is 0 Å². The minimum atomic E-state index is -0.236. The maximum Gasteiger partial charge on any atom is 0.218 e. The van der Waals surface area contributed by atoms with E-state index in [9.17, 15) is 4.79 Å². The summed E-state index contributed by atoms with van der Waals surface area (Å²) in [5.74, 6) is -0.0155. The van der Waals surface area contributed by atoms with Crippen LogP contribution in [-0.4, -0.2) is 5.91 Å².